The van der Waals surface area contributed by atoms with E-state index >= 15 is 0 Å². The maximum Gasteiger partial charge on any atom is 0.119 e. The van der Waals surface area contributed by atoms with Crippen LogP contribution in [0.5, 0.6) is 11.5 Å². The van der Waals surface area contributed by atoms with E-state index in [4.69, 9.17) is 14.5 Å². The molecule has 0 bridgehead atoms. The average molecular weight is 347 g/mol. The van der Waals surface area contributed by atoms with Gasteiger partial charge in [0.25, 0.3) is 0 Å². The Balaban J connectivity index is 1.96. The van der Waals surface area contributed by atoms with E-state index < -0.39 is 0 Å². The first-order valence-electron chi connectivity index (χ1n) is 7.94. The predicted octanol–water partition coefficient (Wildman–Crippen LogP) is 5.65. The number of hydrogen-bond donors (Lipinski definition) is 0. The minimum absolute atomic E-state index is 0.837. The molecule has 4 rings (SSSR count). The van der Waals surface area contributed by atoms with Crippen molar-refractivity contribution in [2.45, 2.75) is 0 Å². The van der Waals surface area contributed by atoms with Gasteiger partial charge in [0.1, 0.15) is 11.5 Å². The first kappa shape index (κ1) is 15.7. The lowest BCUT2D eigenvalue weighted by Gasteiger charge is -2.11. The van der Waals surface area contributed by atoms with Crippen LogP contribution in [0.4, 0.5) is 0 Å². The lowest BCUT2D eigenvalue weighted by Crippen LogP contribution is -1.92. The van der Waals surface area contributed by atoms with Crippen LogP contribution in [0.3, 0.4) is 0 Å². The van der Waals surface area contributed by atoms with E-state index in [9.17, 15) is 0 Å². The molecule has 0 unspecified atom stereocenters. The number of benzene rings is 2. The van der Waals surface area contributed by atoms with Crippen LogP contribution in [0.25, 0.3) is 33.3 Å². The highest BCUT2D eigenvalue weighted by Crippen LogP contribution is 2.34. The van der Waals surface area contributed by atoms with Gasteiger partial charge in [-0.2, -0.15) is 11.3 Å². The maximum absolute atomic E-state index is 5.39. The largest absolute Gasteiger partial charge is 0.497 e. The summed E-state index contributed by atoms with van der Waals surface area (Å²) >= 11 is 1.67. The molecule has 0 saturated carbocycles. The third kappa shape index (κ3) is 2.96. The third-order valence-electron chi connectivity index (χ3n) is 4.22. The van der Waals surface area contributed by atoms with E-state index in [1.165, 1.54) is 0 Å². The van der Waals surface area contributed by atoms with Crippen LogP contribution in [-0.4, -0.2) is 19.2 Å². The number of ether oxygens (including phenoxy) is 2. The van der Waals surface area contributed by atoms with Crippen molar-refractivity contribution in [3.8, 4) is 34.0 Å². The Kier molecular flexibility index (Phi) is 4.12. The summed E-state index contributed by atoms with van der Waals surface area (Å²) in [6.07, 6.45) is 0. The lowest BCUT2D eigenvalue weighted by atomic mass is 10.0. The van der Waals surface area contributed by atoms with Gasteiger partial charge in [-0.15, -0.1) is 0 Å². The van der Waals surface area contributed by atoms with E-state index in [1.54, 1.807) is 25.6 Å². The van der Waals surface area contributed by atoms with Gasteiger partial charge in [0.2, 0.25) is 0 Å². The highest BCUT2D eigenvalue weighted by Gasteiger charge is 2.11. The topological polar surface area (TPSA) is 31.4 Å². The summed E-state index contributed by atoms with van der Waals surface area (Å²) < 4.78 is 10.7. The predicted molar refractivity (Wildman–Crippen MR) is 104 cm³/mol. The molecule has 2 aromatic carbocycles. The van der Waals surface area contributed by atoms with E-state index in [1.807, 2.05) is 30.3 Å². The van der Waals surface area contributed by atoms with Crippen molar-refractivity contribution in [2.24, 2.45) is 0 Å². The average Bonchev–Trinajstić information content (AvgIpc) is 3.21. The van der Waals surface area contributed by atoms with Crippen molar-refractivity contribution in [3.63, 3.8) is 0 Å². The molecule has 124 valence electrons. The van der Waals surface area contributed by atoms with Crippen LogP contribution in [0.15, 0.2) is 65.4 Å². The van der Waals surface area contributed by atoms with Crippen molar-refractivity contribution in [2.75, 3.05) is 14.2 Å². The fourth-order valence-electron chi connectivity index (χ4n) is 2.89. The van der Waals surface area contributed by atoms with Gasteiger partial charge in [-0.25, -0.2) is 4.98 Å². The van der Waals surface area contributed by atoms with Crippen LogP contribution in [0.1, 0.15) is 0 Å². The molecule has 0 saturated heterocycles. The van der Waals surface area contributed by atoms with Gasteiger partial charge in [0.05, 0.1) is 25.6 Å². The number of nitrogens with zero attached hydrogens (tertiary/aromatic N) is 1. The van der Waals surface area contributed by atoms with E-state index in [0.717, 1.165) is 44.8 Å². The monoisotopic (exact) mass is 347 g/mol. The van der Waals surface area contributed by atoms with Crippen LogP contribution < -0.4 is 9.47 Å². The Morgan fingerprint density at radius 3 is 2.24 bits per heavy atom. The zero-order chi connectivity index (χ0) is 17.2. The van der Waals surface area contributed by atoms with E-state index in [0.29, 0.717) is 0 Å². The molecule has 4 aromatic rings. The lowest BCUT2D eigenvalue weighted by molar-refractivity contribution is 0.415. The van der Waals surface area contributed by atoms with E-state index in [-0.39, 0.29) is 0 Å². The Morgan fingerprint density at radius 2 is 1.56 bits per heavy atom. The molecule has 25 heavy (non-hydrogen) atoms. The normalized spacial score (nSPS) is 10.8. The molecule has 0 atom stereocenters. The molecule has 2 heterocycles. The summed E-state index contributed by atoms with van der Waals surface area (Å²) in [5.74, 6) is 1.68. The minimum atomic E-state index is 0.837. The van der Waals surface area contributed by atoms with Gasteiger partial charge in [0, 0.05) is 21.9 Å². The van der Waals surface area contributed by atoms with Gasteiger partial charge in [0.15, 0.2) is 0 Å². The number of rotatable bonds is 4. The van der Waals surface area contributed by atoms with Crippen molar-refractivity contribution in [3.05, 3.63) is 65.4 Å². The summed E-state index contributed by atoms with van der Waals surface area (Å²) in [7, 11) is 3.36. The van der Waals surface area contributed by atoms with Crippen molar-refractivity contribution >= 4 is 22.1 Å². The molecule has 0 N–H and O–H groups in total. The molecule has 4 heteroatoms. The fourth-order valence-corrected chi connectivity index (χ4v) is 3.54. The molecule has 3 nitrogen and oxygen atoms in total. The van der Waals surface area contributed by atoms with Gasteiger partial charge < -0.3 is 9.47 Å². The first-order valence-corrected chi connectivity index (χ1v) is 8.88. The second-order valence-electron chi connectivity index (χ2n) is 5.68. The molecule has 0 radical (unpaired) electrons. The number of aromatic nitrogens is 1. The van der Waals surface area contributed by atoms with Crippen LogP contribution in [-0.2, 0) is 0 Å². The van der Waals surface area contributed by atoms with Gasteiger partial charge in [-0.1, -0.05) is 0 Å². The Hall–Kier alpha value is -2.85. The fraction of sp³-hybridized carbons (Fsp3) is 0.0952. The van der Waals surface area contributed by atoms with Gasteiger partial charge in [-0.3, -0.25) is 0 Å². The molecule has 0 aliphatic rings. The molecule has 0 aliphatic carbocycles. The quantitative estimate of drug-likeness (QED) is 0.478. The van der Waals surface area contributed by atoms with Crippen molar-refractivity contribution in [1.29, 1.82) is 0 Å². The maximum atomic E-state index is 5.39. The molecule has 2 aromatic heterocycles. The molecule has 0 spiro atoms. The Labute approximate surface area is 150 Å². The molecule has 0 amide bonds. The summed E-state index contributed by atoms with van der Waals surface area (Å²) in [5, 5.41) is 6.40. The van der Waals surface area contributed by atoms with E-state index in [2.05, 4.69) is 35.0 Å². The summed E-state index contributed by atoms with van der Waals surface area (Å²) in [5.41, 5.74) is 4.12. The summed E-state index contributed by atoms with van der Waals surface area (Å²) in [4.78, 5) is 4.95. The number of thiophene rings is 1. The SMILES string of the molecule is COc1ccc(-c2nc(-c3ccsc3)cc3cc(OC)ccc23)cc1. The standard InChI is InChI=1S/C21H17NO2S/c1-23-17-5-3-14(4-6-17)21-19-8-7-18(24-2)11-16(19)12-20(22-21)15-9-10-25-13-15/h3-13H,1-2H3. The van der Waals surface area contributed by atoms with Crippen molar-refractivity contribution < 1.29 is 9.47 Å². The Bertz CT molecular complexity index is 1010. The first-order chi connectivity index (χ1) is 12.3. The summed E-state index contributed by atoms with van der Waals surface area (Å²) in [6, 6.07) is 18.3. The number of pyridine rings is 1. The minimum Gasteiger partial charge on any atom is -0.497 e. The molecule has 0 aliphatic heterocycles. The van der Waals surface area contributed by atoms with Gasteiger partial charge >= 0.3 is 0 Å². The number of fused-ring (bicyclic) bond motifs is 1. The van der Waals surface area contributed by atoms with Crippen LogP contribution >= 0.6 is 11.3 Å². The van der Waals surface area contributed by atoms with Crippen molar-refractivity contribution in [1.82, 2.24) is 4.98 Å². The molecular weight excluding hydrogens is 330 g/mol. The molecule has 0 fully saturated rings. The third-order valence-corrected chi connectivity index (χ3v) is 4.90. The highest BCUT2D eigenvalue weighted by atomic mass is 32.1. The van der Waals surface area contributed by atoms with Gasteiger partial charge in [-0.05, 0) is 65.4 Å². The smallest absolute Gasteiger partial charge is 0.119 e. The zero-order valence-corrected chi connectivity index (χ0v) is 14.8. The summed E-state index contributed by atoms with van der Waals surface area (Å²) in [6.45, 7) is 0. The second-order valence-corrected chi connectivity index (χ2v) is 6.46. The van der Waals surface area contributed by atoms with Crippen LogP contribution in [0, 0.1) is 0 Å². The zero-order valence-electron chi connectivity index (χ0n) is 14.0. The number of methoxy groups -OCH3 is 2. The Morgan fingerprint density at radius 1 is 0.800 bits per heavy atom. The second kappa shape index (κ2) is 6.57. The van der Waals surface area contributed by atoms with Crippen LogP contribution in [0.2, 0.25) is 0 Å². The number of hydrogen-bond acceptors (Lipinski definition) is 4. The highest BCUT2D eigenvalue weighted by molar-refractivity contribution is 7.08. The molecular formula is C21H17NO2S.